The van der Waals surface area contributed by atoms with Crippen molar-refractivity contribution in [3.63, 3.8) is 0 Å². The molecule has 7 nitrogen and oxygen atoms in total. The predicted molar refractivity (Wildman–Crippen MR) is 72.1 cm³/mol. The lowest BCUT2D eigenvalue weighted by Gasteiger charge is -2.16. The zero-order chi connectivity index (χ0) is 13.1. The Balaban J connectivity index is 1.82. The molecule has 19 heavy (non-hydrogen) atoms. The first kappa shape index (κ1) is 11.9. The summed E-state index contributed by atoms with van der Waals surface area (Å²) in [5.74, 6) is 1.38. The summed E-state index contributed by atoms with van der Waals surface area (Å²) in [7, 11) is 0. The summed E-state index contributed by atoms with van der Waals surface area (Å²) in [6, 6.07) is 3.21. The van der Waals surface area contributed by atoms with Crippen LogP contribution in [0.4, 0.5) is 5.95 Å². The van der Waals surface area contributed by atoms with Crippen molar-refractivity contribution in [1.82, 2.24) is 25.5 Å². The number of hydrogen-bond acceptors (Lipinski definition) is 5. The van der Waals surface area contributed by atoms with E-state index in [0.717, 1.165) is 38.2 Å². The zero-order valence-electron chi connectivity index (χ0n) is 10.5. The summed E-state index contributed by atoms with van der Waals surface area (Å²) in [6.07, 6.45) is 2.72. The van der Waals surface area contributed by atoms with Crippen LogP contribution in [0.1, 0.15) is 6.42 Å². The molecule has 0 bridgehead atoms. The molecule has 1 aliphatic heterocycles. The molecule has 2 aromatic heterocycles. The number of nitrogens with zero attached hydrogens (tertiary/aromatic N) is 3. The van der Waals surface area contributed by atoms with E-state index in [0.29, 0.717) is 11.8 Å². The Morgan fingerprint density at radius 1 is 1.21 bits per heavy atom. The number of aromatic amines is 2. The van der Waals surface area contributed by atoms with Gasteiger partial charge in [-0.2, -0.15) is 4.98 Å². The number of hydrogen-bond donors (Lipinski definition) is 3. The quantitative estimate of drug-likeness (QED) is 0.705. The molecule has 3 heterocycles. The smallest absolute Gasteiger partial charge is 0.247 e. The topological polar surface area (TPSA) is 89.7 Å². The van der Waals surface area contributed by atoms with Crippen molar-refractivity contribution in [2.24, 2.45) is 0 Å². The first-order valence-electron chi connectivity index (χ1n) is 6.40. The third kappa shape index (κ3) is 2.65. The summed E-state index contributed by atoms with van der Waals surface area (Å²) < 4.78 is 0. The van der Waals surface area contributed by atoms with E-state index in [1.165, 1.54) is 6.07 Å². The molecule has 0 radical (unpaired) electrons. The fourth-order valence-electron chi connectivity index (χ4n) is 2.13. The van der Waals surface area contributed by atoms with E-state index >= 15 is 0 Å². The Kier molecular flexibility index (Phi) is 3.28. The van der Waals surface area contributed by atoms with Crippen LogP contribution in [0.25, 0.3) is 11.4 Å². The minimum atomic E-state index is -0.123. The van der Waals surface area contributed by atoms with Gasteiger partial charge in [0.05, 0.1) is 0 Å². The van der Waals surface area contributed by atoms with Crippen LogP contribution in [-0.4, -0.2) is 46.3 Å². The van der Waals surface area contributed by atoms with Crippen LogP contribution in [-0.2, 0) is 0 Å². The first-order chi connectivity index (χ1) is 9.33. The Labute approximate surface area is 110 Å². The molecule has 0 saturated carbocycles. The molecule has 100 valence electrons. The molecule has 0 spiro atoms. The molecule has 0 amide bonds. The fraction of sp³-hybridized carbons (Fsp3) is 0.417. The second kappa shape index (κ2) is 5.23. The molecule has 0 aromatic carbocycles. The summed E-state index contributed by atoms with van der Waals surface area (Å²) in [4.78, 5) is 20.3. The van der Waals surface area contributed by atoms with Crippen LogP contribution in [0.5, 0.6) is 0 Å². The molecule has 3 rings (SSSR count). The van der Waals surface area contributed by atoms with Gasteiger partial charge in [-0.25, -0.2) is 0 Å². The van der Waals surface area contributed by atoms with Gasteiger partial charge in [0.2, 0.25) is 11.5 Å². The van der Waals surface area contributed by atoms with E-state index in [9.17, 15) is 4.79 Å². The van der Waals surface area contributed by atoms with E-state index in [1.54, 1.807) is 12.3 Å². The monoisotopic (exact) mass is 260 g/mol. The van der Waals surface area contributed by atoms with Gasteiger partial charge >= 0.3 is 0 Å². The van der Waals surface area contributed by atoms with Gasteiger partial charge in [0.25, 0.3) is 0 Å². The van der Waals surface area contributed by atoms with E-state index in [2.05, 4.69) is 30.4 Å². The van der Waals surface area contributed by atoms with Crippen molar-refractivity contribution in [3.05, 3.63) is 28.7 Å². The highest BCUT2D eigenvalue weighted by Crippen LogP contribution is 2.16. The minimum absolute atomic E-state index is 0.123. The Morgan fingerprint density at radius 3 is 3.00 bits per heavy atom. The molecule has 0 unspecified atom stereocenters. The van der Waals surface area contributed by atoms with Gasteiger partial charge in [0.1, 0.15) is 0 Å². The molecular formula is C12H16N6O. The Morgan fingerprint density at radius 2 is 2.16 bits per heavy atom. The van der Waals surface area contributed by atoms with Crippen LogP contribution in [0.3, 0.4) is 0 Å². The maximum atomic E-state index is 11.0. The summed E-state index contributed by atoms with van der Waals surface area (Å²) in [5.41, 5.74) is 0.702. The van der Waals surface area contributed by atoms with Crippen molar-refractivity contribution in [2.75, 3.05) is 31.1 Å². The van der Waals surface area contributed by atoms with Crippen LogP contribution in [0, 0.1) is 0 Å². The first-order valence-corrected chi connectivity index (χ1v) is 6.40. The predicted octanol–water partition coefficient (Wildman–Crippen LogP) is -0.0403. The van der Waals surface area contributed by atoms with Crippen LogP contribution in [0.15, 0.2) is 23.1 Å². The van der Waals surface area contributed by atoms with Gasteiger partial charge < -0.3 is 15.2 Å². The maximum absolute atomic E-state index is 11.0. The van der Waals surface area contributed by atoms with Crippen molar-refractivity contribution in [1.29, 1.82) is 0 Å². The molecule has 1 saturated heterocycles. The number of nitrogens with one attached hydrogen (secondary N) is 3. The van der Waals surface area contributed by atoms with Gasteiger partial charge in [-0.1, -0.05) is 0 Å². The lowest BCUT2D eigenvalue weighted by molar-refractivity contribution is 0.724. The summed E-state index contributed by atoms with van der Waals surface area (Å²) in [5, 5.41) is 10.5. The highest BCUT2D eigenvalue weighted by Gasteiger charge is 2.14. The molecule has 0 atom stereocenters. The second-order valence-corrected chi connectivity index (χ2v) is 4.52. The highest BCUT2D eigenvalue weighted by molar-refractivity contribution is 5.54. The standard InChI is InChI=1S/C12H16N6O/c19-10-3-2-9(8-14-10)11-15-12(17-16-11)18-6-1-4-13-5-7-18/h2-3,8,13H,1,4-7H2,(H,14,19)(H,15,16,17). The normalized spacial score (nSPS) is 16.3. The fourth-order valence-corrected chi connectivity index (χ4v) is 2.13. The average molecular weight is 260 g/mol. The molecule has 1 fully saturated rings. The SMILES string of the molecule is O=c1ccc(-c2nc(N3CCCNCC3)n[nH]2)c[nH]1. The number of anilines is 1. The van der Waals surface area contributed by atoms with E-state index in [4.69, 9.17) is 0 Å². The van der Waals surface area contributed by atoms with Crippen molar-refractivity contribution < 1.29 is 0 Å². The van der Waals surface area contributed by atoms with Crippen molar-refractivity contribution >= 4 is 5.95 Å². The number of aromatic nitrogens is 4. The maximum Gasteiger partial charge on any atom is 0.247 e. The van der Waals surface area contributed by atoms with Gasteiger partial charge in [0.15, 0.2) is 5.82 Å². The van der Waals surface area contributed by atoms with E-state index in [-0.39, 0.29) is 5.56 Å². The average Bonchev–Trinajstić information content (AvgIpc) is 2.76. The third-order valence-electron chi connectivity index (χ3n) is 3.15. The number of pyridine rings is 1. The molecular weight excluding hydrogens is 244 g/mol. The molecule has 3 N–H and O–H groups in total. The van der Waals surface area contributed by atoms with Crippen molar-refractivity contribution in [2.45, 2.75) is 6.42 Å². The number of H-pyrrole nitrogens is 2. The number of rotatable bonds is 2. The van der Waals surface area contributed by atoms with Gasteiger partial charge in [-0.05, 0) is 19.0 Å². The summed E-state index contributed by atoms with van der Waals surface area (Å²) in [6.45, 7) is 3.84. The molecule has 1 aliphatic rings. The van der Waals surface area contributed by atoms with Gasteiger partial charge in [-0.3, -0.25) is 9.89 Å². The van der Waals surface area contributed by atoms with Gasteiger partial charge in [-0.15, -0.1) is 5.10 Å². The van der Waals surface area contributed by atoms with Crippen LogP contribution < -0.4 is 15.8 Å². The molecule has 2 aromatic rings. The third-order valence-corrected chi connectivity index (χ3v) is 3.15. The Bertz CT molecular complexity index is 576. The minimum Gasteiger partial charge on any atom is -0.338 e. The largest absolute Gasteiger partial charge is 0.338 e. The van der Waals surface area contributed by atoms with E-state index < -0.39 is 0 Å². The van der Waals surface area contributed by atoms with Crippen LogP contribution >= 0.6 is 0 Å². The second-order valence-electron chi connectivity index (χ2n) is 4.52. The lowest BCUT2D eigenvalue weighted by atomic mass is 10.3. The zero-order valence-corrected chi connectivity index (χ0v) is 10.5. The summed E-state index contributed by atoms with van der Waals surface area (Å²) >= 11 is 0. The Hall–Kier alpha value is -2.15. The highest BCUT2D eigenvalue weighted by atomic mass is 16.1. The van der Waals surface area contributed by atoms with Crippen LogP contribution in [0.2, 0.25) is 0 Å². The van der Waals surface area contributed by atoms with Gasteiger partial charge in [0, 0.05) is 37.5 Å². The van der Waals surface area contributed by atoms with E-state index in [1.807, 2.05) is 0 Å². The van der Waals surface area contributed by atoms with Crippen molar-refractivity contribution in [3.8, 4) is 11.4 Å². The lowest BCUT2D eigenvalue weighted by Crippen LogP contribution is -2.28. The molecule has 7 heteroatoms. The molecule has 0 aliphatic carbocycles.